The standard InChI is InChI=1S/C31H31ClN8O3S/c1-5-26(41)39-11-12-40-20(17-39)16-38(3)23-13-19(14-33-29(23)40)22-9-10-24(43-4)28(35-22)37-31-34-15-25(44-31)30(42)36-27-18(2)7-6-8-21(27)32/h5-10,13-15,20H,1,11-12,16-17H2,2-4H3,(H,36,42)(H,34,35,37)/t20-/m1/s1. The van der Waals surface area contributed by atoms with E-state index in [0.717, 1.165) is 29.2 Å². The number of rotatable bonds is 7. The van der Waals surface area contributed by atoms with Crippen LogP contribution in [0, 0.1) is 6.92 Å². The lowest BCUT2D eigenvalue weighted by Gasteiger charge is -2.47. The molecule has 1 aromatic carbocycles. The summed E-state index contributed by atoms with van der Waals surface area (Å²) in [5, 5.41) is 7.04. The molecule has 44 heavy (non-hydrogen) atoms. The first-order valence-corrected chi connectivity index (χ1v) is 15.2. The summed E-state index contributed by atoms with van der Waals surface area (Å²) in [7, 11) is 3.61. The number of likely N-dealkylation sites (N-methyl/N-ethyl adjacent to an activating group) is 1. The summed E-state index contributed by atoms with van der Waals surface area (Å²) in [5.74, 6) is 1.54. The Bertz CT molecular complexity index is 1740. The van der Waals surface area contributed by atoms with Crippen LogP contribution in [0.2, 0.25) is 5.02 Å². The van der Waals surface area contributed by atoms with E-state index < -0.39 is 0 Å². The zero-order valence-electron chi connectivity index (χ0n) is 24.5. The van der Waals surface area contributed by atoms with E-state index in [1.54, 1.807) is 13.2 Å². The monoisotopic (exact) mass is 630 g/mol. The number of thiazole rings is 1. The average molecular weight is 631 g/mol. The first kappa shape index (κ1) is 29.4. The number of para-hydroxylation sites is 1. The number of carbonyl (C=O) groups excluding carboxylic acids is 2. The predicted molar refractivity (Wildman–Crippen MR) is 175 cm³/mol. The second kappa shape index (κ2) is 12.1. The number of nitrogens with zero attached hydrogens (tertiary/aromatic N) is 6. The molecular weight excluding hydrogens is 600 g/mol. The molecule has 0 spiro atoms. The zero-order chi connectivity index (χ0) is 31.0. The smallest absolute Gasteiger partial charge is 0.267 e. The van der Waals surface area contributed by atoms with Gasteiger partial charge in [-0.3, -0.25) is 9.59 Å². The highest BCUT2D eigenvalue weighted by molar-refractivity contribution is 7.17. The van der Waals surface area contributed by atoms with Gasteiger partial charge in [-0.2, -0.15) is 0 Å². The molecular formula is C31H31ClN8O3S. The number of anilines is 5. The minimum Gasteiger partial charge on any atom is -0.493 e. The summed E-state index contributed by atoms with van der Waals surface area (Å²) < 4.78 is 5.56. The molecule has 0 saturated carbocycles. The Balaban J connectivity index is 1.22. The van der Waals surface area contributed by atoms with Gasteiger partial charge in [-0.15, -0.1) is 0 Å². The largest absolute Gasteiger partial charge is 0.493 e. The number of amides is 2. The van der Waals surface area contributed by atoms with Crippen molar-refractivity contribution in [2.45, 2.75) is 13.0 Å². The van der Waals surface area contributed by atoms with Gasteiger partial charge in [0.1, 0.15) is 4.88 Å². The third-order valence-electron chi connectivity index (χ3n) is 7.77. The topological polar surface area (TPSA) is 116 Å². The number of methoxy groups -OCH3 is 1. The highest BCUT2D eigenvalue weighted by Gasteiger charge is 2.36. The van der Waals surface area contributed by atoms with E-state index in [1.807, 2.05) is 49.3 Å². The van der Waals surface area contributed by atoms with Crippen LogP contribution < -0.4 is 25.2 Å². The molecule has 2 aliphatic rings. The van der Waals surface area contributed by atoms with Crippen molar-refractivity contribution in [3.8, 4) is 17.0 Å². The van der Waals surface area contributed by atoms with Crippen LogP contribution in [0.5, 0.6) is 5.75 Å². The van der Waals surface area contributed by atoms with Crippen molar-refractivity contribution in [1.82, 2.24) is 19.9 Å². The first-order valence-electron chi connectivity index (χ1n) is 14.0. The summed E-state index contributed by atoms with van der Waals surface area (Å²) >= 11 is 7.48. The molecule has 0 radical (unpaired) electrons. The van der Waals surface area contributed by atoms with Gasteiger partial charge in [0, 0.05) is 45.0 Å². The molecule has 1 atom stereocenters. The van der Waals surface area contributed by atoms with Crippen LogP contribution in [0.25, 0.3) is 11.3 Å². The molecule has 13 heteroatoms. The Labute approximate surface area is 264 Å². The Morgan fingerprint density at radius 3 is 2.77 bits per heavy atom. The number of carbonyl (C=O) groups is 2. The second-order valence-corrected chi connectivity index (χ2v) is 12.0. The van der Waals surface area contributed by atoms with E-state index in [2.05, 4.69) is 38.1 Å². The van der Waals surface area contributed by atoms with Crippen LogP contribution >= 0.6 is 22.9 Å². The maximum absolute atomic E-state index is 12.9. The van der Waals surface area contributed by atoms with Gasteiger partial charge in [0.25, 0.3) is 5.91 Å². The number of benzene rings is 1. The molecule has 0 bridgehead atoms. The van der Waals surface area contributed by atoms with Crippen molar-refractivity contribution < 1.29 is 14.3 Å². The van der Waals surface area contributed by atoms with Gasteiger partial charge in [-0.1, -0.05) is 41.6 Å². The molecule has 3 aromatic heterocycles. The van der Waals surface area contributed by atoms with Crippen LogP contribution in [0.4, 0.5) is 28.1 Å². The van der Waals surface area contributed by atoms with Gasteiger partial charge in [-0.25, -0.2) is 15.0 Å². The number of aromatic nitrogens is 3. The van der Waals surface area contributed by atoms with Crippen LogP contribution in [0.3, 0.4) is 0 Å². The second-order valence-electron chi connectivity index (χ2n) is 10.6. The highest BCUT2D eigenvalue weighted by atomic mass is 35.5. The van der Waals surface area contributed by atoms with Crippen LogP contribution in [-0.2, 0) is 4.79 Å². The van der Waals surface area contributed by atoms with Crippen molar-refractivity contribution in [3.05, 3.63) is 76.9 Å². The molecule has 4 aromatic rings. The number of halogens is 1. The Hall–Kier alpha value is -4.68. The minimum atomic E-state index is -0.305. The van der Waals surface area contributed by atoms with Gasteiger partial charge in [0.2, 0.25) is 5.91 Å². The molecule has 1 fully saturated rings. The summed E-state index contributed by atoms with van der Waals surface area (Å²) in [6, 6.07) is 11.4. The van der Waals surface area contributed by atoms with Gasteiger partial charge in [-0.05, 0) is 42.8 Å². The molecule has 2 amide bonds. The fourth-order valence-corrected chi connectivity index (χ4v) is 6.47. The molecule has 226 valence electrons. The maximum Gasteiger partial charge on any atom is 0.267 e. The molecule has 6 rings (SSSR count). The summed E-state index contributed by atoms with van der Waals surface area (Å²) in [4.78, 5) is 45.9. The summed E-state index contributed by atoms with van der Waals surface area (Å²) in [6.07, 6.45) is 4.70. The van der Waals surface area contributed by atoms with Crippen molar-refractivity contribution in [2.75, 3.05) is 60.8 Å². The molecule has 2 N–H and O–H groups in total. The number of piperazine rings is 1. The number of hydrogen-bond acceptors (Lipinski definition) is 10. The number of hydrogen-bond donors (Lipinski definition) is 2. The quantitative estimate of drug-likeness (QED) is 0.265. The fraction of sp³-hybridized carbons (Fsp3) is 0.258. The van der Waals surface area contributed by atoms with Crippen molar-refractivity contribution in [1.29, 1.82) is 0 Å². The van der Waals surface area contributed by atoms with Gasteiger partial charge in [0.05, 0.1) is 41.4 Å². The lowest BCUT2D eigenvalue weighted by atomic mass is 10.0. The van der Waals surface area contributed by atoms with E-state index in [-0.39, 0.29) is 17.9 Å². The van der Waals surface area contributed by atoms with E-state index in [1.165, 1.54) is 23.6 Å². The number of aryl methyl sites for hydroxylation is 1. The molecule has 1 saturated heterocycles. The molecule has 0 aliphatic carbocycles. The lowest BCUT2D eigenvalue weighted by molar-refractivity contribution is -0.126. The molecule has 2 aliphatic heterocycles. The van der Waals surface area contributed by atoms with Crippen molar-refractivity contribution >= 4 is 62.9 Å². The van der Waals surface area contributed by atoms with Crippen molar-refractivity contribution in [2.24, 2.45) is 0 Å². The van der Waals surface area contributed by atoms with Crippen molar-refractivity contribution in [3.63, 3.8) is 0 Å². The predicted octanol–water partition coefficient (Wildman–Crippen LogP) is 5.22. The van der Waals surface area contributed by atoms with E-state index in [9.17, 15) is 9.59 Å². The van der Waals surface area contributed by atoms with E-state index >= 15 is 0 Å². The van der Waals surface area contributed by atoms with Crippen LogP contribution in [0.15, 0.2) is 61.4 Å². The van der Waals surface area contributed by atoms with Gasteiger partial charge < -0.3 is 30.1 Å². The van der Waals surface area contributed by atoms with E-state index in [4.69, 9.17) is 26.3 Å². The van der Waals surface area contributed by atoms with Crippen LogP contribution in [0.1, 0.15) is 15.2 Å². The Morgan fingerprint density at radius 1 is 1.16 bits per heavy atom. The first-order chi connectivity index (χ1) is 21.2. The lowest BCUT2D eigenvalue weighted by Crippen LogP contribution is -2.60. The third-order valence-corrected chi connectivity index (χ3v) is 9.00. The molecule has 5 heterocycles. The molecule has 0 unspecified atom stereocenters. The highest BCUT2D eigenvalue weighted by Crippen LogP contribution is 2.38. The number of fused-ring (bicyclic) bond motifs is 3. The van der Waals surface area contributed by atoms with Crippen LogP contribution in [-0.4, -0.2) is 78.0 Å². The average Bonchev–Trinajstić information content (AvgIpc) is 3.50. The fourth-order valence-electron chi connectivity index (χ4n) is 5.49. The van der Waals surface area contributed by atoms with Gasteiger partial charge in [0.15, 0.2) is 22.5 Å². The van der Waals surface area contributed by atoms with Gasteiger partial charge >= 0.3 is 0 Å². The molecule has 11 nitrogen and oxygen atoms in total. The zero-order valence-corrected chi connectivity index (χ0v) is 26.1. The van der Waals surface area contributed by atoms with E-state index in [0.29, 0.717) is 57.6 Å². The summed E-state index contributed by atoms with van der Waals surface area (Å²) in [5.41, 5.74) is 3.98. The number of pyridine rings is 2. The third kappa shape index (κ3) is 5.65. The normalized spacial score (nSPS) is 15.7. The maximum atomic E-state index is 12.9. The SMILES string of the molecule is C=CC(=O)N1CCN2c3ncc(-c4ccc(OC)c(Nc5ncc(C(=O)Nc6c(C)cccc6Cl)s5)n4)cc3N(C)C[C@@H]2C1. The number of nitrogens with one attached hydrogen (secondary N) is 2. The minimum absolute atomic E-state index is 0.0409. The number of ether oxygens (including phenoxy) is 1. The Kier molecular flexibility index (Phi) is 8.11. The summed E-state index contributed by atoms with van der Waals surface area (Å²) in [6.45, 7) is 8.24. The Morgan fingerprint density at radius 2 is 2.00 bits per heavy atom.